The summed E-state index contributed by atoms with van der Waals surface area (Å²) in [5.74, 6) is 1.36. The number of aromatic nitrogens is 1. The predicted octanol–water partition coefficient (Wildman–Crippen LogP) is 8.23. The summed E-state index contributed by atoms with van der Waals surface area (Å²) in [5, 5.41) is 24.9. The number of aromatic amines is 1. The zero-order valence-electron chi connectivity index (χ0n) is 35.9. The molecule has 3 aliphatic heterocycles. The second-order valence-corrected chi connectivity index (χ2v) is 17.2. The van der Waals surface area contributed by atoms with Crippen LogP contribution < -0.4 is 20.3 Å². The van der Waals surface area contributed by atoms with Crippen LogP contribution in [0.2, 0.25) is 0 Å². The van der Waals surface area contributed by atoms with Crippen molar-refractivity contribution in [3.8, 4) is 17.2 Å². The number of esters is 1. The molecule has 4 N–H and O–H groups in total. The Kier molecular flexibility index (Phi) is 15.5. The largest absolute Gasteiger partial charge is 0.506 e. The number of carbonyl (C=O) groups is 2. The van der Waals surface area contributed by atoms with Gasteiger partial charge in [-0.15, -0.1) is 0 Å². The van der Waals surface area contributed by atoms with E-state index in [1.165, 1.54) is 12.1 Å². The van der Waals surface area contributed by atoms with Crippen molar-refractivity contribution >= 4 is 22.7 Å². The number of hydrogen-bond acceptors (Lipinski definition) is 9. The van der Waals surface area contributed by atoms with Crippen molar-refractivity contribution in [1.82, 2.24) is 10.3 Å². The number of Topliss-reactive ketones (excluding diaryl/α,β-unsaturated/α-hetero) is 1. The number of H-pyrrole nitrogens is 1. The van der Waals surface area contributed by atoms with E-state index in [9.17, 15) is 24.6 Å². The van der Waals surface area contributed by atoms with Gasteiger partial charge in [-0.3, -0.25) is 14.4 Å². The number of pyridine rings is 1. The molecule has 2 bridgehead atoms. The summed E-state index contributed by atoms with van der Waals surface area (Å²) in [7, 11) is 1.65. The number of quaternary nitrogens is 1. The molecule has 3 fully saturated rings. The van der Waals surface area contributed by atoms with Gasteiger partial charge in [0.15, 0.2) is 6.10 Å². The molecule has 0 saturated carbocycles. The van der Waals surface area contributed by atoms with Crippen LogP contribution >= 0.6 is 0 Å². The highest BCUT2D eigenvalue weighted by atomic mass is 16.5. The molecule has 3 atom stereocenters. The van der Waals surface area contributed by atoms with Gasteiger partial charge in [-0.25, -0.2) is 0 Å². The maximum absolute atomic E-state index is 13.9. The minimum absolute atomic E-state index is 0.0175. The number of phenols is 1. The first kappa shape index (κ1) is 44.6. The molecule has 3 saturated heterocycles. The number of unbranched alkanes of at least 4 members (excludes halogenated alkanes) is 6. The van der Waals surface area contributed by atoms with Gasteiger partial charge in [-0.1, -0.05) is 98.8 Å². The van der Waals surface area contributed by atoms with Crippen LogP contribution in [0.4, 0.5) is 0 Å². The first-order valence-electron chi connectivity index (χ1n) is 22.4. The Hall–Kier alpha value is -5.49. The number of aromatic hydroxyl groups is 1. The van der Waals surface area contributed by atoms with Gasteiger partial charge in [0.1, 0.15) is 30.3 Å². The van der Waals surface area contributed by atoms with Crippen molar-refractivity contribution in [2.75, 3.05) is 53.0 Å². The number of ketones is 1. The van der Waals surface area contributed by atoms with Gasteiger partial charge < -0.3 is 39.2 Å². The Bertz CT molecular complexity index is 2290. The van der Waals surface area contributed by atoms with Crippen LogP contribution in [0.25, 0.3) is 10.9 Å². The third kappa shape index (κ3) is 11.7. The lowest BCUT2D eigenvalue weighted by Crippen LogP contribution is -2.65. The number of benzene rings is 4. The van der Waals surface area contributed by atoms with Crippen molar-refractivity contribution in [2.24, 2.45) is 5.92 Å². The van der Waals surface area contributed by atoms with Gasteiger partial charge >= 0.3 is 5.97 Å². The van der Waals surface area contributed by atoms with E-state index in [0.717, 1.165) is 94.1 Å². The Balaban J connectivity index is 0.841. The summed E-state index contributed by atoms with van der Waals surface area (Å²) in [4.78, 5) is 41.5. The summed E-state index contributed by atoms with van der Waals surface area (Å²) in [6.07, 6.45) is 8.65. The lowest BCUT2D eigenvalue weighted by molar-refractivity contribution is -0.938. The third-order valence-electron chi connectivity index (χ3n) is 12.9. The fourth-order valence-corrected chi connectivity index (χ4v) is 9.41. The van der Waals surface area contributed by atoms with Crippen molar-refractivity contribution in [3.63, 3.8) is 0 Å². The second-order valence-electron chi connectivity index (χ2n) is 17.2. The molecule has 0 spiro atoms. The number of hydrogen-bond donors (Lipinski definition) is 4. The first-order chi connectivity index (χ1) is 30.2. The summed E-state index contributed by atoms with van der Waals surface area (Å²) in [6.45, 7) is 4.77. The number of rotatable bonds is 23. The van der Waals surface area contributed by atoms with E-state index in [0.29, 0.717) is 64.6 Å². The summed E-state index contributed by atoms with van der Waals surface area (Å²) in [6, 6.07) is 31.7. The van der Waals surface area contributed by atoms with Crippen molar-refractivity contribution in [2.45, 2.75) is 82.3 Å². The number of methoxy groups -OCH3 is 1. The summed E-state index contributed by atoms with van der Waals surface area (Å²) < 4.78 is 19.0. The molecule has 3 aliphatic rings. The van der Waals surface area contributed by atoms with Gasteiger partial charge in [-0.05, 0) is 60.3 Å². The lowest BCUT2D eigenvalue weighted by atomic mass is 9.82. The first-order valence-corrected chi connectivity index (χ1v) is 22.4. The SMILES string of the molecule is COc1cc(OCCCCCCCCCNC[C@H](O)c2ccc(O)c3[nH]c(=O)ccc23)cc(C(CC(=O)O[C@H]2C[N+]3(CC(=O)c4ccccc4)CCC2CC3)c2ccccc2)c1. The topological polar surface area (TPSA) is 147 Å². The standard InChI is InChI=1S/C51H61N3O8/c1-60-40-29-39(30-41(31-40)61-28-14-6-4-2-3-5-13-25-52-33-46(56)42-19-21-45(55)51-43(42)20-22-49(58)53-51)44(36-15-9-7-10-16-36)32-50(59)62-48-35-54(26-23-38(48)24-27-54)34-47(57)37-17-11-8-12-18-37/h7-12,15-22,29-31,38,44,46,48,52,56H,2-6,13-14,23-28,32-35H2,1H3,(H-,53,55,58)/p+1/t38?,44?,46-,48-,54?/m0/s1. The second kappa shape index (κ2) is 21.5. The zero-order chi connectivity index (χ0) is 43.3. The summed E-state index contributed by atoms with van der Waals surface area (Å²) in [5.41, 5.74) is 3.39. The third-order valence-corrected chi connectivity index (χ3v) is 12.9. The molecule has 0 aliphatic carbocycles. The van der Waals surface area contributed by atoms with E-state index < -0.39 is 6.10 Å². The number of nitrogens with zero attached hydrogens (tertiary/aromatic N) is 1. The number of nitrogens with one attached hydrogen (secondary N) is 2. The van der Waals surface area contributed by atoms with E-state index in [1.807, 2.05) is 66.7 Å². The van der Waals surface area contributed by atoms with Crippen molar-refractivity contribution in [1.29, 1.82) is 0 Å². The highest BCUT2D eigenvalue weighted by Crippen LogP contribution is 2.38. The van der Waals surface area contributed by atoms with Gasteiger partial charge in [0.25, 0.3) is 0 Å². The van der Waals surface area contributed by atoms with Crippen LogP contribution in [0.3, 0.4) is 0 Å². The molecule has 0 radical (unpaired) electrons. The Morgan fingerprint density at radius 1 is 0.823 bits per heavy atom. The zero-order valence-corrected chi connectivity index (χ0v) is 35.9. The molecule has 5 aromatic rings. The van der Waals surface area contributed by atoms with Crippen LogP contribution in [0.15, 0.2) is 108 Å². The fraction of sp³-hybridized carbons (Fsp3) is 0.431. The van der Waals surface area contributed by atoms with Gasteiger partial charge in [0.2, 0.25) is 11.3 Å². The van der Waals surface area contributed by atoms with E-state index in [-0.39, 0.29) is 41.5 Å². The molecule has 4 heterocycles. The molecule has 8 rings (SSSR count). The number of ether oxygens (including phenoxy) is 3. The molecule has 4 aromatic carbocycles. The van der Waals surface area contributed by atoms with Crippen molar-refractivity contribution < 1.29 is 38.5 Å². The average Bonchev–Trinajstić information content (AvgIpc) is 3.29. The number of carbonyl (C=O) groups excluding carboxylic acids is 2. The molecule has 1 unspecified atom stereocenters. The predicted molar refractivity (Wildman–Crippen MR) is 241 cm³/mol. The van der Waals surface area contributed by atoms with Gasteiger partial charge in [0, 0.05) is 54.3 Å². The minimum Gasteiger partial charge on any atom is -0.506 e. The number of piperidine rings is 3. The highest BCUT2D eigenvalue weighted by molar-refractivity contribution is 5.97. The van der Waals surface area contributed by atoms with Crippen LogP contribution in [0.1, 0.15) is 103 Å². The van der Waals surface area contributed by atoms with E-state index >= 15 is 0 Å². The monoisotopic (exact) mass is 844 g/mol. The van der Waals surface area contributed by atoms with Crippen LogP contribution in [0, 0.1) is 5.92 Å². The minimum atomic E-state index is -0.760. The smallest absolute Gasteiger partial charge is 0.307 e. The van der Waals surface area contributed by atoms with E-state index in [4.69, 9.17) is 14.2 Å². The van der Waals surface area contributed by atoms with Crippen LogP contribution in [-0.2, 0) is 9.53 Å². The lowest BCUT2D eigenvalue weighted by Gasteiger charge is -2.51. The molecule has 0 amide bonds. The molecular formula is C51H62N3O8+. The van der Waals surface area contributed by atoms with Gasteiger partial charge in [0.05, 0.1) is 44.8 Å². The average molecular weight is 845 g/mol. The Morgan fingerprint density at radius 2 is 1.52 bits per heavy atom. The fourth-order valence-electron chi connectivity index (χ4n) is 9.41. The number of aliphatic hydroxyl groups is 1. The van der Waals surface area contributed by atoms with Gasteiger partial charge in [-0.2, -0.15) is 0 Å². The number of fused-ring (bicyclic) bond motifs is 4. The quantitative estimate of drug-likeness (QED) is 0.0221. The van der Waals surface area contributed by atoms with Crippen LogP contribution in [-0.4, -0.2) is 90.5 Å². The highest BCUT2D eigenvalue weighted by Gasteiger charge is 2.48. The molecular weight excluding hydrogens is 783 g/mol. The maximum Gasteiger partial charge on any atom is 0.307 e. The molecule has 328 valence electrons. The van der Waals surface area contributed by atoms with E-state index in [2.05, 4.69) is 22.4 Å². The molecule has 1 aromatic heterocycles. The Morgan fingerprint density at radius 3 is 2.26 bits per heavy atom. The summed E-state index contributed by atoms with van der Waals surface area (Å²) >= 11 is 0. The maximum atomic E-state index is 13.9. The molecule has 11 heteroatoms. The van der Waals surface area contributed by atoms with Crippen molar-refractivity contribution in [3.05, 3.63) is 136 Å². The number of phenolic OH excluding ortho intramolecular Hbond substituents is 1. The molecule has 11 nitrogen and oxygen atoms in total. The van der Waals surface area contributed by atoms with E-state index in [1.54, 1.807) is 19.2 Å². The molecule has 62 heavy (non-hydrogen) atoms. The number of aliphatic hydroxyl groups excluding tert-OH is 1. The Labute approximate surface area is 364 Å². The van der Waals surface area contributed by atoms with Crippen LogP contribution in [0.5, 0.6) is 17.2 Å². The normalized spacial score (nSPS) is 19.2.